The van der Waals surface area contributed by atoms with Gasteiger partial charge in [-0.05, 0) is 32.4 Å². The average Bonchev–Trinajstić information content (AvgIpc) is 3.09. The fraction of sp³-hybridized carbons (Fsp3) is 0.167. The van der Waals surface area contributed by atoms with Crippen LogP contribution in [0.25, 0.3) is 26.9 Å². The highest BCUT2D eigenvalue weighted by Gasteiger charge is 2.27. The molecule has 0 fully saturated rings. The van der Waals surface area contributed by atoms with Gasteiger partial charge in [-0.3, -0.25) is 9.36 Å². The Morgan fingerprint density at radius 3 is 2.63 bits per heavy atom. The number of thiazole rings is 1. The lowest BCUT2D eigenvalue weighted by Gasteiger charge is -2.16. The zero-order chi connectivity index (χ0) is 19.6. The smallest absolute Gasteiger partial charge is 0.253 e. The molecule has 4 aromatic rings. The SMILES string of the molecule is Cc1nc2nc(Cl)c3c(C(N)=O)c(N)n(-c4c(C)ccc(O)c4C)c3c2s1. The van der Waals surface area contributed by atoms with Crippen LogP contribution >= 0.6 is 22.9 Å². The fourth-order valence-corrected chi connectivity index (χ4v) is 4.62. The number of benzene rings is 1. The van der Waals surface area contributed by atoms with Crippen LogP contribution in [-0.4, -0.2) is 25.5 Å². The number of hydrogen-bond donors (Lipinski definition) is 3. The Morgan fingerprint density at radius 2 is 1.96 bits per heavy atom. The molecule has 0 saturated heterocycles. The number of hydrogen-bond acceptors (Lipinski definition) is 6. The van der Waals surface area contributed by atoms with Crippen molar-refractivity contribution >= 4 is 55.9 Å². The second kappa shape index (κ2) is 5.83. The van der Waals surface area contributed by atoms with Crippen molar-refractivity contribution in [1.29, 1.82) is 0 Å². The van der Waals surface area contributed by atoms with Crippen LogP contribution in [0, 0.1) is 20.8 Å². The van der Waals surface area contributed by atoms with Gasteiger partial charge in [0.15, 0.2) is 5.65 Å². The Hall–Kier alpha value is -2.84. The summed E-state index contributed by atoms with van der Waals surface area (Å²) in [6, 6.07) is 3.40. The van der Waals surface area contributed by atoms with Gasteiger partial charge >= 0.3 is 0 Å². The van der Waals surface area contributed by atoms with E-state index in [4.69, 9.17) is 23.1 Å². The van der Waals surface area contributed by atoms with Crippen LogP contribution in [0.3, 0.4) is 0 Å². The van der Waals surface area contributed by atoms with Gasteiger partial charge in [-0.25, -0.2) is 9.97 Å². The second-order valence-electron chi connectivity index (χ2n) is 6.35. The van der Waals surface area contributed by atoms with Crippen LogP contribution in [0.1, 0.15) is 26.5 Å². The number of fused-ring (bicyclic) bond motifs is 3. The highest BCUT2D eigenvalue weighted by atomic mass is 35.5. The summed E-state index contributed by atoms with van der Waals surface area (Å²) < 4.78 is 2.46. The lowest BCUT2D eigenvalue weighted by molar-refractivity contribution is 0.100. The van der Waals surface area contributed by atoms with Gasteiger partial charge in [-0.15, -0.1) is 11.3 Å². The number of primary amides is 1. The van der Waals surface area contributed by atoms with Crippen molar-refractivity contribution in [2.45, 2.75) is 20.8 Å². The van der Waals surface area contributed by atoms with Gasteiger partial charge in [-0.2, -0.15) is 0 Å². The van der Waals surface area contributed by atoms with Gasteiger partial charge in [0.25, 0.3) is 5.91 Å². The van der Waals surface area contributed by atoms with E-state index in [1.54, 1.807) is 23.6 Å². The molecule has 0 saturated carbocycles. The Kier molecular flexibility index (Phi) is 3.79. The molecule has 0 atom stereocenters. The van der Waals surface area contributed by atoms with Crippen molar-refractivity contribution in [3.63, 3.8) is 0 Å². The molecular weight excluding hydrogens is 386 g/mol. The predicted octanol–water partition coefficient (Wildman–Crippen LogP) is 3.60. The molecule has 5 N–H and O–H groups in total. The summed E-state index contributed by atoms with van der Waals surface area (Å²) >= 11 is 7.83. The van der Waals surface area contributed by atoms with E-state index in [1.165, 1.54) is 11.3 Å². The Morgan fingerprint density at radius 1 is 1.26 bits per heavy atom. The number of aryl methyl sites for hydroxylation is 2. The summed E-state index contributed by atoms with van der Waals surface area (Å²) in [5.41, 5.74) is 15.3. The van der Waals surface area contributed by atoms with E-state index >= 15 is 0 Å². The number of anilines is 1. The fourth-order valence-electron chi connectivity index (χ4n) is 3.45. The van der Waals surface area contributed by atoms with Crippen LogP contribution in [0.4, 0.5) is 5.82 Å². The zero-order valence-corrected chi connectivity index (χ0v) is 16.4. The monoisotopic (exact) mass is 401 g/mol. The zero-order valence-electron chi connectivity index (χ0n) is 14.8. The first kappa shape index (κ1) is 17.6. The van der Waals surface area contributed by atoms with Crippen molar-refractivity contribution in [1.82, 2.24) is 14.5 Å². The third kappa shape index (κ3) is 2.37. The maximum atomic E-state index is 12.2. The standard InChI is InChI=1S/C18H16ClN5O2S/c1-6-4-5-9(25)7(2)12(6)24-13-10(11(16(24)20)17(21)26)15(19)23-18-14(13)27-8(3)22-18/h4-5,25H,20H2,1-3H3,(H2,21,26). The first-order valence-corrected chi connectivity index (χ1v) is 9.27. The average molecular weight is 402 g/mol. The van der Waals surface area contributed by atoms with Crippen molar-refractivity contribution in [2.24, 2.45) is 5.73 Å². The maximum Gasteiger partial charge on any atom is 0.253 e. The molecule has 0 unspecified atom stereocenters. The Labute approximate surface area is 163 Å². The molecule has 0 aliphatic heterocycles. The van der Waals surface area contributed by atoms with E-state index in [1.807, 2.05) is 13.8 Å². The number of carbonyl (C=O) groups is 1. The van der Waals surface area contributed by atoms with E-state index in [-0.39, 0.29) is 22.3 Å². The number of carbonyl (C=O) groups excluding carboxylic acids is 1. The third-order valence-corrected chi connectivity index (χ3v) is 5.86. The largest absolute Gasteiger partial charge is 0.508 e. The number of pyridine rings is 1. The molecule has 0 aliphatic rings. The number of amides is 1. The summed E-state index contributed by atoms with van der Waals surface area (Å²) in [6.45, 7) is 5.54. The summed E-state index contributed by atoms with van der Waals surface area (Å²) in [6.07, 6.45) is 0. The Bertz CT molecular complexity index is 1270. The predicted molar refractivity (Wildman–Crippen MR) is 108 cm³/mol. The van der Waals surface area contributed by atoms with Crippen molar-refractivity contribution in [3.05, 3.63) is 39.0 Å². The second-order valence-corrected chi connectivity index (χ2v) is 7.91. The maximum absolute atomic E-state index is 12.2. The van der Waals surface area contributed by atoms with Gasteiger partial charge in [0.05, 0.1) is 31.9 Å². The van der Waals surface area contributed by atoms with Gasteiger partial charge in [-0.1, -0.05) is 17.7 Å². The van der Waals surface area contributed by atoms with Crippen molar-refractivity contribution < 1.29 is 9.90 Å². The van der Waals surface area contributed by atoms with Crippen LogP contribution in [0.15, 0.2) is 12.1 Å². The third-order valence-electron chi connectivity index (χ3n) is 4.62. The molecule has 1 aromatic carbocycles. The molecular formula is C18H16ClN5O2S. The number of nitrogen functional groups attached to an aromatic ring is 1. The number of nitrogens with two attached hydrogens (primary N) is 2. The molecule has 7 nitrogen and oxygen atoms in total. The first-order chi connectivity index (χ1) is 12.7. The molecule has 3 heterocycles. The van der Waals surface area contributed by atoms with Crippen LogP contribution in [0.2, 0.25) is 5.15 Å². The number of phenols is 1. The van der Waals surface area contributed by atoms with E-state index in [0.717, 1.165) is 15.3 Å². The molecule has 9 heteroatoms. The highest BCUT2D eigenvalue weighted by Crippen LogP contribution is 2.42. The summed E-state index contributed by atoms with van der Waals surface area (Å²) in [5.74, 6) is -0.429. The lowest BCUT2D eigenvalue weighted by atomic mass is 10.1. The van der Waals surface area contributed by atoms with E-state index in [2.05, 4.69) is 9.97 Å². The van der Waals surface area contributed by atoms with Gasteiger partial charge < -0.3 is 16.6 Å². The summed E-state index contributed by atoms with van der Waals surface area (Å²) in [4.78, 5) is 20.9. The van der Waals surface area contributed by atoms with Crippen LogP contribution < -0.4 is 11.5 Å². The number of aromatic nitrogens is 3. The normalized spacial score (nSPS) is 11.6. The quantitative estimate of drug-likeness (QED) is 0.443. The number of nitrogens with zero attached hydrogens (tertiary/aromatic N) is 3. The molecule has 0 radical (unpaired) electrons. The van der Waals surface area contributed by atoms with E-state index < -0.39 is 5.91 Å². The van der Waals surface area contributed by atoms with Crippen molar-refractivity contribution in [2.75, 3.05) is 5.73 Å². The van der Waals surface area contributed by atoms with Crippen LogP contribution in [-0.2, 0) is 0 Å². The van der Waals surface area contributed by atoms with Gasteiger partial charge in [0, 0.05) is 5.56 Å². The molecule has 4 rings (SSSR count). The minimum absolute atomic E-state index is 0.109. The first-order valence-electron chi connectivity index (χ1n) is 8.08. The van der Waals surface area contributed by atoms with Gasteiger partial charge in [0.2, 0.25) is 0 Å². The summed E-state index contributed by atoms with van der Waals surface area (Å²) in [5, 5.41) is 11.5. The topological polar surface area (TPSA) is 120 Å². The summed E-state index contributed by atoms with van der Waals surface area (Å²) in [7, 11) is 0. The molecule has 3 aromatic heterocycles. The Balaban J connectivity index is 2.34. The number of aromatic hydroxyl groups is 1. The number of rotatable bonds is 2. The van der Waals surface area contributed by atoms with Crippen molar-refractivity contribution in [3.8, 4) is 11.4 Å². The molecule has 0 bridgehead atoms. The molecule has 0 aliphatic carbocycles. The minimum Gasteiger partial charge on any atom is -0.508 e. The molecule has 138 valence electrons. The minimum atomic E-state index is -0.698. The highest BCUT2D eigenvalue weighted by molar-refractivity contribution is 7.19. The molecule has 27 heavy (non-hydrogen) atoms. The van der Waals surface area contributed by atoms with Gasteiger partial charge in [0.1, 0.15) is 16.7 Å². The number of halogens is 1. The lowest BCUT2D eigenvalue weighted by Crippen LogP contribution is -2.14. The van der Waals surface area contributed by atoms with Crippen LogP contribution in [0.5, 0.6) is 5.75 Å². The van der Waals surface area contributed by atoms with E-state index in [9.17, 15) is 9.90 Å². The van der Waals surface area contributed by atoms with E-state index in [0.29, 0.717) is 27.8 Å². The number of phenolic OH excluding ortho intramolecular Hbond substituents is 1. The molecule has 1 amide bonds. The molecule has 0 spiro atoms.